The first-order valence-corrected chi connectivity index (χ1v) is 7.12. The van der Waals surface area contributed by atoms with Gasteiger partial charge in [0.25, 0.3) is 0 Å². The first kappa shape index (κ1) is 22.4. The number of amides is 1. The molecule has 0 saturated heterocycles. The molecule has 0 aliphatic rings. The summed E-state index contributed by atoms with van der Waals surface area (Å²) in [5, 5.41) is 2.60. The number of rotatable bonds is 6. The van der Waals surface area contributed by atoms with Crippen molar-refractivity contribution in [2.75, 3.05) is 26.4 Å². The Morgan fingerprint density at radius 1 is 1.00 bits per heavy atom. The van der Waals surface area contributed by atoms with Crippen molar-refractivity contribution in [1.82, 2.24) is 5.32 Å². The molecule has 1 N–H and O–H groups in total. The minimum Gasteiger partial charge on any atom is -0.450 e. The second-order valence-corrected chi connectivity index (χ2v) is 3.61. The van der Waals surface area contributed by atoms with Gasteiger partial charge in [-0.25, -0.2) is 4.79 Å². The average Bonchev–Trinajstić information content (AvgIpc) is 2.31. The SMILES string of the molecule is CCC.CCC.CCOCCCNC(=O)OCC.[HH]. The van der Waals surface area contributed by atoms with Crippen molar-refractivity contribution in [3.8, 4) is 0 Å². The van der Waals surface area contributed by atoms with Gasteiger partial charge in [0.2, 0.25) is 0 Å². The van der Waals surface area contributed by atoms with E-state index in [9.17, 15) is 4.79 Å². The highest BCUT2D eigenvalue weighted by Gasteiger charge is 1.97. The molecule has 1 amide bonds. The van der Waals surface area contributed by atoms with Crippen molar-refractivity contribution in [3.63, 3.8) is 0 Å². The van der Waals surface area contributed by atoms with Crippen LogP contribution in [0.1, 0.15) is 62.2 Å². The minimum atomic E-state index is -0.353. The van der Waals surface area contributed by atoms with Crippen LogP contribution >= 0.6 is 0 Å². The Hall–Kier alpha value is -0.770. The lowest BCUT2D eigenvalue weighted by Gasteiger charge is -2.04. The maximum Gasteiger partial charge on any atom is 0.407 e. The zero-order valence-corrected chi connectivity index (χ0v) is 13.2. The van der Waals surface area contributed by atoms with Crippen LogP contribution in [0.15, 0.2) is 0 Å². The maximum absolute atomic E-state index is 10.7. The second kappa shape index (κ2) is 25.2. The predicted octanol–water partition coefficient (Wildman–Crippen LogP) is 4.24. The molecular weight excluding hydrogens is 230 g/mol. The van der Waals surface area contributed by atoms with E-state index in [1.165, 1.54) is 12.8 Å². The van der Waals surface area contributed by atoms with Gasteiger partial charge in [-0.15, -0.1) is 0 Å². The zero-order valence-electron chi connectivity index (χ0n) is 13.2. The third-order valence-corrected chi connectivity index (χ3v) is 1.21. The topological polar surface area (TPSA) is 47.6 Å². The molecule has 0 bridgehead atoms. The van der Waals surface area contributed by atoms with Crippen LogP contribution in [-0.2, 0) is 9.47 Å². The van der Waals surface area contributed by atoms with Crippen LogP contribution in [0.5, 0.6) is 0 Å². The Labute approximate surface area is 115 Å². The molecule has 0 aromatic heterocycles. The molecule has 0 unspecified atom stereocenters. The van der Waals surface area contributed by atoms with Crippen molar-refractivity contribution >= 4 is 6.09 Å². The van der Waals surface area contributed by atoms with Crippen LogP contribution < -0.4 is 5.32 Å². The quantitative estimate of drug-likeness (QED) is 0.731. The number of nitrogens with one attached hydrogen (secondary N) is 1. The first-order chi connectivity index (χ1) is 8.64. The van der Waals surface area contributed by atoms with E-state index in [2.05, 4.69) is 37.7 Å². The summed E-state index contributed by atoms with van der Waals surface area (Å²) in [6.07, 6.45) is 2.97. The normalized spacial score (nSPS) is 8.33. The summed E-state index contributed by atoms with van der Waals surface area (Å²) in [5.74, 6) is 0. The number of alkyl carbamates (subject to hydrolysis) is 1. The van der Waals surface area contributed by atoms with Crippen molar-refractivity contribution in [2.45, 2.75) is 60.8 Å². The van der Waals surface area contributed by atoms with Gasteiger partial charge in [-0.3, -0.25) is 0 Å². The Bertz CT molecular complexity index is 145. The van der Waals surface area contributed by atoms with E-state index >= 15 is 0 Å². The lowest BCUT2D eigenvalue weighted by molar-refractivity contribution is 0.137. The van der Waals surface area contributed by atoms with E-state index in [1.807, 2.05) is 6.92 Å². The molecule has 0 aromatic rings. The third kappa shape index (κ3) is 36.2. The fourth-order valence-corrected chi connectivity index (χ4v) is 0.691. The fourth-order valence-electron chi connectivity index (χ4n) is 0.691. The van der Waals surface area contributed by atoms with Gasteiger partial charge < -0.3 is 14.8 Å². The minimum absolute atomic E-state index is 0. The molecule has 0 spiro atoms. The van der Waals surface area contributed by atoms with E-state index in [-0.39, 0.29) is 7.52 Å². The highest BCUT2D eigenvalue weighted by atomic mass is 16.5. The largest absolute Gasteiger partial charge is 0.450 e. The first-order valence-electron chi connectivity index (χ1n) is 7.12. The van der Waals surface area contributed by atoms with Crippen LogP contribution in [0.3, 0.4) is 0 Å². The van der Waals surface area contributed by atoms with Gasteiger partial charge in [0.05, 0.1) is 6.61 Å². The highest BCUT2D eigenvalue weighted by Crippen LogP contribution is 1.81. The molecule has 0 heterocycles. The molecule has 0 fully saturated rings. The Balaban J connectivity index is -0.000000137. The van der Waals surface area contributed by atoms with Gasteiger partial charge >= 0.3 is 6.09 Å². The maximum atomic E-state index is 10.7. The standard InChI is InChI=1S/C8H17NO3.2C3H8.H2/c1-3-11-7-5-6-9-8(10)12-4-2;2*1-3-2;/h3-7H2,1-2H3,(H,9,10);2*3H2,1-2H3;1H. The molecule has 0 aromatic carbocycles. The number of hydrogen-bond acceptors (Lipinski definition) is 3. The smallest absolute Gasteiger partial charge is 0.407 e. The van der Waals surface area contributed by atoms with E-state index < -0.39 is 0 Å². The Kier molecular flexibility index (Phi) is 31.3. The zero-order chi connectivity index (χ0) is 14.6. The molecule has 0 atom stereocenters. The van der Waals surface area contributed by atoms with Gasteiger partial charge in [-0.1, -0.05) is 40.5 Å². The lowest BCUT2D eigenvalue weighted by Crippen LogP contribution is -2.25. The molecule has 114 valence electrons. The van der Waals surface area contributed by atoms with E-state index in [0.29, 0.717) is 19.8 Å². The molecule has 0 aliphatic carbocycles. The molecule has 0 rings (SSSR count). The summed E-state index contributed by atoms with van der Waals surface area (Å²) in [6, 6.07) is 0. The summed E-state index contributed by atoms with van der Waals surface area (Å²) < 4.78 is 9.74. The molecule has 0 saturated carbocycles. The van der Waals surface area contributed by atoms with E-state index in [4.69, 9.17) is 4.74 Å². The third-order valence-electron chi connectivity index (χ3n) is 1.21. The van der Waals surface area contributed by atoms with Crippen LogP contribution in [0.25, 0.3) is 0 Å². The van der Waals surface area contributed by atoms with Gasteiger partial charge in [0.15, 0.2) is 0 Å². The lowest BCUT2D eigenvalue weighted by atomic mass is 10.4. The van der Waals surface area contributed by atoms with Crippen molar-refractivity contribution in [2.24, 2.45) is 0 Å². The van der Waals surface area contributed by atoms with Gasteiger partial charge in [-0.05, 0) is 20.3 Å². The fraction of sp³-hybridized carbons (Fsp3) is 0.929. The highest BCUT2D eigenvalue weighted by molar-refractivity contribution is 5.66. The van der Waals surface area contributed by atoms with E-state index in [1.54, 1.807) is 6.92 Å². The van der Waals surface area contributed by atoms with Gasteiger partial charge in [0.1, 0.15) is 0 Å². The van der Waals surface area contributed by atoms with Crippen LogP contribution in [0.4, 0.5) is 4.79 Å². The summed E-state index contributed by atoms with van der Waals surface area (Å²) >= 11 is 0. The Morgan fingerprint density at radius 3 is 1.89 bits per heavy atom. The average molecular weight is 265 g/mol. The Morgan fingerprint density at radius 2 is 1.50 bits per heavy atom. The predicted molar refractivity (Wildman–Crippen MR) is 80.2 cm³/mol. The summed E-state index contributed by atoms with van der Waals surface area (Å²) in [7, 11) is 0. The second-order valence-electron chi connectivity index (χ2n) is 3.61. The number of carbonyl (C=O) groups is 1. The van der Waals surface area contributed by atoms with E-state index in [0.717, 1.165) is 13.0 Å². The van der Waals surface area contributed by atoms with Crippen LogP contribution in [-0.4, -0.2) is 32.5 Å². The van der Waals surface area contributed by atoms with Gasteiger partial charge in [0, 0.05) is 21.2 Å². The van der Waals surface area contributed by atoms with Crippen molar-refractivity contribution < 1.29 is 15.7 Å². The number of carbonyl (C=O) groups excluding carboxylic acids is 1. The molecule has 18 heavy (non-hydrogen) atoms. The molecule has 4 nitrogen and oxygen atoms in total. The van der Waals surface area contributed by atoms with Crippen molar-refractivity contribution in [3.05, 3.63) is 0 Å². The molecule has 0 aliphatic heterocycles. The summed E-state index contributed by atoms with van der Waals surface area (Å²) in [5.41, 5.74) is 0. The number of hydrogen-bond donors (Lipinski definition) is 1. The molecule has 4 heteroatoms. The monoisotopic (exact) mass is 265 g/mol. The molecule has 0 radical (unpaired) electrons. The number of ether oxygens (including phenoxy) is 2. The summed E-state index contributed by atoms with van der Waals surface area (Å²) in [4.78, 5) is 10.7. The molecular formula is C14H35NO3. The van der Waals surface area contributed by atoms with Crippen molar-refractivity contribution in [1.29, 1.82) is 0 Å². The van der Waals surface area contributed by atoms with Crippen LogP contribution in [0.2, 0.25) is 0 Å². The van der Waals surface area contributed by atoms with Gasteiger partial charge in [-0.2, -0.15) is 0 Å². The van der Waals surface area contributed by atoms with Crippen LogP contribution in [0, 0.1) is 0 Å². The summed E-state index contributed by atoms with van der Waals surface area (Å²) in [6.45, 7) is 14.6.